The van der Waals surface area contributed by atoms with Crippen LogP contribution in [0.5, 0.6) is 17.2 Å². The maximum Gasteiger partial charge on any atom is 0.287 e. The Morgan fingerprint density at radius 1 is 1.03 bits per heavy atom. The maximum absolute atomic E-state index is 12.6. The molecule has 7 heteroatoms. The first kappa shape index (κ1) is 20.8. The van der Waals surface area contributed by atoms with Gasteiger partial charge in [0.15, 0.2) is 5.76 Å². The van der Waals surface area contributed by atoms with Crippen molar-refractivity contribution in [2.24, 2.45) is 0 Å². The summed E-state index contributed by atoms with van der Waals surface area (Å²) in [6, 6.07) is 16.0. The number of carbonyl (C=O) groups is 1. The van der Waals surface area contributed by atoms with Gasteiger partial charge in [-0.3, -0.25) is 4.79 Å². The van der Waals surface area contributed by atoms with Crippen molar-refractivity contribution in [3.05, 3.63) is 76.2 Å². The van der Waals surface area contributed by atoms with Gasteiger partial charge in [0.1, 0.15) is 29.6 Å². The zero-order valence-corrected chi connectivity index (χ0v) is 18.0. The molecule has 1 unspecified atom stereocenters. The van der Waals surface area contributed by atoms with Crippen LogP contribution in [-0.4, -0.2) is 20.1 Å². The van der Waals surface area contributed by atoms with Crippen LogP contribution in [0.25, 0.3) is 0 Å². The number of carbonyl (C=O) groups excluding carboxylic acids is 1. The van der Waals surface area contributed by atoms with E-state index in [1.807, 2.05) is 37.3 Å². The third-order valence-electron chi connectivity index (χ3n) is 4.33. The topological polar surface area (TPSA) is 69.9 Å². The number of rotatable bonds is 8. The fourth-order valence-electron chi connectivity index (χ4n) is 2.79. The van der Waals surface area contributed by atoms with Gasteiger partial charge >= 0.3 is 0 Å². The lowest BCUT2D eigenvalue weighted by atomic mass is 10.1. The van der Waals surface area contributed by atoms with Crippen molar-refractivity contribution >= 4 is 21.8 Å². The molecular formula is C22H22BrNO5. The second-order valence-electron chi connectivity index (χ2n) is 6.31. The van der Waals surface area contributed by atoms with Gasteiger partial charge in [-0.1, -0.05) is 15.9 Å². The number of nitrogens with one attached hydrogen (secondary N) is 1. The Labute approximate surface area is 177 Å². The van der Waals surface area contributed by atoms with Crippen LogP contribution in [-0.2, 0) is 6.61 Å². The van der Waals surface area contributed by atoms with Crippen molar-refractivity contribution in [2.75, 3.05) is 14.2 Å². The molecule has 1 amide bonds. The molecule has 29 heavy (non-hydrogen) atoms. The van der Waals surface area contributed by atoms with Crippen molar-refractivity contribution in [3.63, 3.8) is 0 Å². The Morgan fingerprint density at radius 2 is 1.76 bits per heavy atom. The predicted molar refractivity (Wildman–Crippen MR) is 113 cm³/mol. The van der Waals surface area contributed by atoms with Gasteiger partial charge in [0, 0.05) is 10.0 Å². The van der Waals surface area contributed by atoms with Crippen LogP contribution in [0.1, 0.15) is 34.8 Å². The summed E-state index contributed by atoms with van der Waals surface area (Å²) >= 11 is 3.38. The second kappa shape index (κ2) is 9.52. The fraction of sp³-hybridized carbons (Fsp3) is 0.227. The zero-order valence-electron chi connectivity index (χ0n) is 16.4. The van der Waals surface area contributed by atoms with Crippen molar-refractivity contribution in [2.45, 2.75) is 19.6 Å². The number of hydrogen-bond acceptors (Lipinski definition) is 5. The quantitative estimate of drug-likeness (QED) is 0.505. The molecule has 3 aromatic rings. The van der Waals surface area contributed by atoms with E-state index < -0.39 is 0 Å². The molecule has 0 spiro atoms. The van der Waals surface area contributed by atoms with Gasteiger partial charge < -0.3 is 23.9 Å². The summed E-state index contributed by atoms with van der Waals surface area (Å²) in [5, 5.41) is 2.92. The van der Waals surface area contributed by atoms with Crippen LogP contribution in [0.4, 0.5) is 0 Å². The molecular weight excluding hydrogens is 438 g/mol. The molecule has 0 fully saturated rings. The predicted octanol–water partition coefficient (Wildman–Crippen LogP) is 5.13. The van der Waals surface area contributed by atoms with E-state index in [1.54, 1.807) is 38.5 Å². The molecule has 2 aromatic carbocycles. The van der Waals surface area contributed by atoms with E-state index in [9.17, 15) is 4.79 Å². The fourth-order valence-corrected chi connectivity index (χ4v) is 3.05. The van der Waals surface area contributed by atoms with E-state index in [-0.39, 0.29) is 24.3 Å². The molecule has 1 heterocycles. The minimum Gasteiger partial charge on any atom is -0.497 e. The number of benzene rings is 2. The number of methoxy groups -OCH3 is 2. The normalized spacial score (nSPS) is 11.6. The highest BCUT2D eigenvalue weighted by Gasteiger charge is 2.18. The average Bonchev–Trinajstić information content (AvgIpc) is 3.22. The van der Waals surface area contributed by atoms with Crippen LogP contribution in [0.2, 0.25) is 0 Å². The molecule has 1 aromatic heterocycles. The molecule has 0 aliphatic rings. The van der Waals surface area contributed by atoms with E-state index >= 15 is 0 Å². The lowest BCUT2D eigenvalue weighted by Crippen LogP contribution is -2.26. The van der Waals surface area contributed by atoms with Crippen molar-refractivity contribution < 1.29 is 23.4 Å². The summed E-state index contributed by atoms with van der Waals surface area (Å²) in [6.07, 6.45) is 0. The summed E-state index contributed by atoms with van der Waals surface area (Å²) in [5.41, 5.74) is 0.811. The lowest BCUT2D eigenvalue weighted by molar-refractivity contribution is 0.0907. The van der Waals surface area contributed by atoms with Gasteiger partial charge in [0.2, 0.25) is 0 Å². The molecule has 0 aliphatic carbocycles. The summed E-state index contributed by atoms with van der Waals surface area (Å²) in [6.45, 7) is 2.10. The third kappa shape index (κ3) is 5.32. The molecule has 0 bridgehead atoms. The molecule has 6 nitrogen and oxygen atoms in total. The van der Waals surface area contributed by atoms with E-state index in [1.165, 1.54) is 0 Å². The Morgan fingerprint density at radius 3 is 2.45 bits per heavy atom. The van der Waals surface area contributed by atoms with Crippen LogP contribution in [0, 0.1) is 0 Å². The highest BCUT2D eigenvalue weighted by atomic mass is 79.9. The lowest BCUT2D eigenvalue weighted by Gasteiger charge is -2.17. The van der Waals surface area contributed by atoms with Gasteiger partial charge in [-0.15, -0.1) is 0 Å². The number of ether oxygens (including phenoxy) is 3. The van der Waals surface area contributed by atoms with Crippen molar-refractivity contribution in [1.82, 2.24) is 5.32 Å². The van der Waals surface area contributed by atoms with E-state index in [0.717, 1.165) is 10.0 Å². The SMILES string of the molecule is COc1ccc(OC)c(C(C)NC(=O)c2ccc(COc3ccc(Br)cc3)o2)c1. The molecule has 1 N–H and O–H groups in total. The van der Waals surface area contributed by atoms with Gasteiger partial charge in [-0.25, -0.2) is 0 Å². The smallest absolute Gasteiger partial charge is 0.287 e. The molecule has 152 valence electrons. The second-order valence-corrected chi connectivity index (χ2v) is 7.23. The van der Waals surface area contributed by atoms with E-state index in [4.69, 9.17) is 18.6 Å². The molecule has 0 aliphatic heterocycles. The Kier molecular flexibility index (Phi) is 6.82. The highest BCUT2D eigenvalue weighted by molar-refractivity contribution is 9.10. The largest absolute Gasteiger partial charge is 0.497 e. The summed E-state index contributed by atoms with van der Waals surface area (Å²) in [7, 11) is 3.18. The van der Waals surface area contributed by atoms with E-state index in [2.05, 4.69) is 21.2 Å². The minimum absolute atomic E-state index is 0.216. The molecule has 0 saturated carbocycles. The van der Waals surface area contributed by atoms with E-state index in [0.29, 0.717) is 23.0 Å². The Bertz CT molecular complexity index is 968. The molecule has 1 atom stereocenters. The van der Waals surface area contributed by atoms with Crippen LogP contribution < -0.4 is 19.5 Å². The van der Waals surface area contributed by atoms with Crippen LogP contribution in [0.15, 0.2) is 63.5 Å². The minimum atomic E-state index is -0.322. The Balaban J connectivity index is 1.63. The summed E-state index contributed by atoms with van der Waals surface area (Å²) < 4.78 is 22.9. The van der Waals surface area contributed by atoms with Gasteiger partial charge in [-0.05, 0) is 61.5 Å². The molecule has 3 rings (SSSR count). The average molecular weight is 460 g/mol. The first-order valence-electron chi connectivity index (χ1n) is 9.00. The molecule has 0 saturated heterocycles. The van der Waals surface area contributed by atoms with Crippen molar-refractivity contribution in [3.8, 4) is 17.2 Å². The summed E-state index contributed by atoms with van der Waals surface area (Å²) in [5.74, 6) is 2.53. The van der Waals surface area contributed by atoms with Gasteiger partial charge in [0.25, 0.3) is 5.91 Å². The Hall–Kier alpha value is -2.93. The monoisotopic (exact) mass is 459 g/mol. The zero-order chi connectivity index (χ0) is 20.8. The number of amides is 1. The van der Waals surface area contributed by atoms with Gasteiger partial charge in [0.05, 0.1) is 20.3 Å². The van der Waals surface area contributed by atoms with Gasteiger partial charge in [-0.2, -0.15) is 0 Å². The number of halogens is 1. The number of furan rings is 1. The first-order chi connectivity index (χ1) is 14.0. The highest BCUT2D eigenvalue weighted by Crippen LogP contribution is 2.29. The van der Waals surface area contributed by atoms with Crippen molar-refractivity contribution in [1.29, 1.82) is 0 Å². The first-order valence-corrected chi connectivity index (χ1v) is 9.79. The standard InChI is InChI=1S/C22H22BrNO5/c1-14(19-12-17(26-2)8-10-20(19)27-3)24-22(25)21-11-9-18(29-21)13-28-16-6-4-15(23)5-7-16/h4-12,14H,13H2,1-3H3,(H,24,25). The summed E-state index contributed by atoms with van der Waals surface area (Å²) in [4.78, 5) is 12.6. The van der Waals surface area contributed by atoms with Crippen LogP contribution >= 0.6 is 15.9 Å². The number of hydrogen-bond donors (Lipinski definition) is 1. The molecule has 0 radical (unpaired) electrons. The third-order valence-corrected chi connectivity index (χ3v) is 4.86. The maximum atomic E-state index is 12.6. The van der Waals surface area contributed by atoms with Crippen LogP contribution in [0.3, 0.4) is 0 Å².